The van der Waals surface area contributed by atoms with E-state index < -0.39 is 0 Å². The number of carbonyl (C=O) groups excluding carboxylic acids is 1. The van der Waals surface area contributed by atoms with Gasteiger partial charge >= 0.3 is 0 Å². The lowest BCUT2D eigenvalue weighted by Crippen LogP contribution is -2.31. The van der Waals surface area contributed by atoms with E-state index in [0.29, 0.717) is 11.7 Å². The first-order valence-corrected chi connectivity index (χ1v) is 8.48. The summed E-state index contributed by atoms with van der Waals surface area (Å²) in [4.78, 5) is 18.1. The third-order valence-electron chi connectivity index (χ3n) is 4.25. The third-order valence-corrected chi connectivity index (χ3v) is 5.21. The van der Waals surface area contributed by atoms with Crippen LogP contribution in [0.2, 0.25) is 0 Å². The number of hydrogen-bond donors (Lipinski definition) is 2. The number of hydrogen-bond acceptors (Lipinski definition) is 5. The van der Waals surface area contributed by atoms with E-state index in [-0.39, 0.29) is 11.8 Å². The molecule has 0 radical (unpaired) electrons. The summed E-state index contributed by atoms with van der Waals surface area (Å²) >= 11 is 1.50. The SMILES string of the molecule is Nc1nc2c(s1)CCCC2C(=O)NCc1cnn2ccccc12. The third kappa shape index (κ3) is 2.57. The lowest BCUT2D eigenvalue weighted by atomic mass is 9.90. The predicted molar refractivity (Wildman–Crippen MR) is 89.2 cm³/mol. The summed E-state index contributed by atoms with van der Waals surface area (Å²) in [6, 6.07) is 5.89. The molecule has 0 saturated heterocycles. The van der Waals surface area contributed by atoms with Crippen molar-refractivity contribution in [1.29, 1.82) is 0 Å². The molecule has 0 aromatic carbocycles. The van der Waals surface area contributed by atoms with Gasteiger partial charge in [-0.3, -0.25) is 4.79 Å². The molecule has 3 aromatic rings. The number of nitrogen functional groups attached to an aromatic ring is 1. The summed E-state index contributed by atoms with van der Waals surface area (Å²) in [5.41, 5.74) is 8.69. The van der Waals surface area contributed by atoms with Crippen molar-refractivity contribution in [2.24, 2.45) is 0 Å². The second kappa shape index (κ2) is 5.66. The molecule has 1 unspecified atom stereocenters. The molecular weight excluding hydrogens is 310 g/mol. The van der Waals surface area contributed by atoms with Crippen molar-refractivity contribution in [2.75, 3.05) is 5.73 Å². The number of nitrogens with zero attached hydrogens (tertiary/aromatic N) is 3. The quantitative estimate of drug-likeness (QED) is 0.771. The zero-order valence-corrected chi connectivity index (χ0v) is 13.3. The first-order valence-electron chi connectivity index (χ1n) is 7.66. The number of thiazole rings is 1. The molecule has 118 valence electrons. The highest BCUT2D eigenvalue weighted by Crippen LogP contribution is 2.35. The van der Waals surface area contributed by atoms with Crippen molar-refractivity contribution in [3.63, 3.8) is 0 Å². The Kier molecular flexibility index (Phi) is 3.49. The van der Waals surface area contributed by atoms with Crippen LogP contribution in [0.25, 0.3) is 5.52 Å². The minimum absolute atomic E-state index is 0.0199. The van der Waals surface area contributed by atoms with Gasteiger partial charge in [-0.25, -0.2) is 9.50 Å². The van der Waals surface area contributed by atoms with Crippen molar-refractivity contribution in [3.8, 4) is 0 Å². The monoisotopic (exact) mass is 327 g/mol. The molecular formula is C16H17N5OS. The number of nitrogens with one attached hydrogen (secondary N) is 1. The van der Waals surface area contributed by atoms with Gasteiger partial charge < -0.3 is 11.1 Å². The largest absolute Gasteiger partial charge is 0.375 e. The van der Waals surface area contributed by atoms with E-state index in [1.54, 1.807) is 10.7 Å². The zero-order chi connectivity index (χ0) is 15.8. The fraction of sp³-hybridized carbons (Fsp3) is 0.312. The van der Waals surface area contributed by atoms with Crippen molar-refractivity contribution < 1.29 is 4.79 Å². The van der Waals surface area contributed by atoms with Gasteiger partial charge in [-0.2, -0.15) is 5.10 Å². The van der Waals surface area contributed by atoms with Gasteiger partial charge in [0.15, 0.2) is 5.13 Å². The summed E-state index contributed by atoms with van der Waals surface area (Å²) in [5.74, 6) is -0.166. The molecule has 0 fully saturated rings. The van der Waals surface area contributed by atoms with Gasteiger partial charge in [0.1, 0.15) is 0 Å². The van der Waals surface area contributed by atoms with Crippen LogP contribution in [0.3, 0.4) is 0 Å². The van der Waals surface area contributed by atoms with Crippen LogP contribution in [0.5, 0.6) is 0 Å². The van der Waals surface area contributed by atoms with E-state index >= 15 is 0 Å². The van der Waals surface area contributed by atoms with Gasteiger partial charge in [-0.05, 0) is 31.4 Å². The Hall–Kier alpha value is -2.41. The molecule has 1 amide bonds. The first kappa shape index (κ1) is 14.2. The maximum Gasteiger partial charge on any atom is 0.229 e. The Labute approximate surface area is 137 Å². The minimum atomic E-state index is -0.186. The van der Waals surface area contributed by atoms with Crippen molar-refractivity contribution in [3.05, 3.63) is 46.7 Å². The molecule has 1 atom stereocenters. The van der Waals surface area contributed by atoms with Crippen LogP contribution in [-0.4, -0.2) is 20.5 Å². The number of anilines is 1. The van der Waals surface area contributed by atoms with Gasteiger partial charge in [-0.1, -0.05) is 6.07 Å². The predicted octanol–water partition coefficient (Wildman–Crippen LogP) is 2.11. The summed E-state index contributed by atoms with van der Waals surface area (Å²) < 4.78 is 1.81. The van der Waals surface area contributed by atoms with Gasteiger partial charge in [0.2, 0.25) is 5.91 Å². The van der Waals surface area contributed by atoms with E-state index in [2.05, 4.69) is 15.4 Å². The van der Waals surface area contributed by atoms with E-state index in [1.807, 2.05) is 24.4 Å². The average molecular weight is 327 g/mol. The Balaban J connectivity index is 1.50. The highest BCUT2D eigenvalue weighted by atomic mass is 32.1. The maximum absolute atomic E-state index is 12.6. The Bertz CT molecular complexity index is 868. The molecule has 7 heteroatoms. The standard InChI is InChI=1S/C16H17N5OS/c17-16-20-14-11(4-3-6-13(14)23-16)15(22)18-8-10-9-19-21-7-2-1-5-12(10)21/h1-2,5,7,9,11H,3-4,6,8H2,(H2,17,20)(H,18,22). The van der Waals surface area contributed by atoms with Crippen molar-refractivity contribution in [1.82, 2.24) is 19.9 Å². The fourth-order valence-corrected chi connectivity index (χ4v) is 4.06. The number of aryl methyl sites for hydroxylation is 1. The summed E-state index contributed by atoms with van der Waals surface area (Å²) in [6.07, 6.45) is 6.50. The van der Waals surface area contributed by atoms with Gasteiger partial charge in [0, 0.05) is 23.2 Å². The normalized spacial score (nSPS) is 17.1. The minimum Gasteiger partial charge on any atom is -0.375 e. The molecule has 1 aliphatic carbocycles. The molecule has 1 aliphatic rings. The smallest absolute Gasteiger partial charge is 0.229 e. The molecule has 0 saturated carbocycles. The summed E-state index contributed by atoms with van der Waals surface area (Å²) in [7, 11) is 0. The first-order chi connectivity index (χ1) is 11.2. The lowest BCUT2D eigenvalue weighted by molar-refractivity contribution is -0.123. The topological polar surface area (TPSA) is 85.3 Å². The molecule has 3 N–H and O–H groups in total. The van der Waals surface area contributed by atoms with E-state index in [4.69, 9.17) is 5.73 Å². The Morgan fingerprint density at radius 2 is 2.39 bits per heavy atom. The number of aromatic nitrogens is 3. The molecule has 3 heterocycles. The highest BCUT2D eigenvalue weighted by molar-refractivity contribution is 7.15. The number of carbonyl (C=O) groups is 1. The van der Waals surface area contributed by atoms with Crippen LogP contribution in [0, 0.1) is 0 Å². The number of nitrogens with two attached hydrogens (primary N) is 1. The summed E-state index contributed by atoms with van der Waals surface area (Å²) in [5, 5.41) is 7.87. The Morgan fingerprint density at radius 1 is 1.48 bits per heavy atom. The van der Waals surface area contributed by atoms with E-state index in [9.17, 15) is 4.79 Å². The molecule has 3 aromatic heterocycles. The average Bonchev–Trinajstić information content (AvgIpc) is 3.14. The fourth-order valence-electron chi connectivity index (χ4n) is 3.12. The van der Waals surface area contributed by atoms with Gasteiger partial charge in [0.05, 0.1) is 23.3 Å². The Morgan fingerprint density at radius 3 is 3.30 bits per heavy atom. The van der Waals surface area contributed by atoms with Crippen LogP contribution in [-0.2, 0) is 17.8 Å². The lowest BCUT2D eigenvalue weighted by Gasteiger charge is -2.20. The van der Waals surface area contributed by atoms with Crippen LogP contribution < -0.4 is 11.1 Å². The zero-order valence-electron chi connectivity index (χ0n) is 12.5. The van der Waals surface area contributed by atoms with Crippen molar-refractivity contribution in [2.45, 2.75) is 31.7 Å². The van der Waals surface area contributed by atoms with Crippen LogP contribution in [0.15, 0.2) is 30.6 Å². The maximum atomic E-state index is 12.6. The molecule has 23 heavy (non-hydrogen) atoms. The van der Waals surface area contributed by atoms with E-state index in [1.165, 1.54) is 11.3 Å². The molecule has 4 rings (SSSR count). The van der Waals surface area contributed by atoms with Gasteiger partial charge in [0.25, 0.3) is 0 Å². The van der Waals surface area contributed by atoms with Crippen molar-refractivity contribution >= 4 is 27.9 Å². The van der Waals surface area contributed by atoms with Gasteiger partial charge in [-0.15, -0.1) is 11.3 Å². The number of pyridine rings is 1. The second-order valence-electron chi connectivity index (χ2n) is 5.72. The van der Waals surface area contributed by atoms with Crippen LogP contribution in [0.1, 0.15) is 34.9 Å². The van der Waals surface area contributed by atoms with Crippen LogP contribution in [0.4, 0.5) is 5.13 Å². The highest BCUT2D eigenvalue weighted by Gasteiger charge is 2.29. The number of rotatable bonds is 3. The summed E-state index contributed by atoms with van der Waals surface area (Å²) in [6.45, 7) is 0.470. The molecule has 0 bridgehead atoms. The molecule has 6 nitrogen and oxygen atoms in total. The molecule has 0 spiro atoms. The molecule has 0 aliphatic heterocycles. The second-order valence-corrected chi connectivity index (χ2v) is 6.84. The van der Waals surface area contributed by atoms with Crippen LogP contribution >= 0.6 is 11.3 Å². The number of amides is 1. The van der Waals surface area contributed by atoms with E-state index in [0.717, 1.165) is 40.9 Å². The number of fused-ring (bicyclic) bond motifs is 2.